The molecule has 3 aromatic carbocycles. The van der Waals surface area contributed by atoms with Crippen molar-refractivity contribution in [1.82, 2.24) is 8.97 Å². The molecule has 0 saturated heterocycles. The molecule has 0 bridgehead atoms. The lowest BCUT2D eigenvalue weighted by molar-refractivity contribution is 0.102. The molecule has 0 fully saturated rings. The number of nitrogens with zero attached hydrogens (tertiary/aromatic N) is 2. The van der Waals surface area contributed by atoms with E-state index < -0.39 is 0 Å². The normalized spacial score (nSPS) is 12.9. The van der Waals surface area contributed by atoms with Crippen LogP contribution in [-0.2, 0) is 13.0 Å². The summed E-state index contributed by atoms with van der Waals surface area (Å²) in [4.78, 5) is 14.0. The number of aromatic nitrogens is 2. The fraction of sp³-hybridized carbons (Fsp3) is 0.167. The molecule has 3 heterocycles. The zero-order chi connectivity index (χ0) is 25.5. The second-order valence-electron chi connectivity index (χ2n) is 9.22. The van der Waals surface area contributed by atoms with Gasteiger partial charge in [-0.15, -0.1) is 0 Å². The predicted molar refractivity (Wildman–Crippen MR) is 153 cm³/mol. The third-order valence-corrected chi connectivity index (χ3v) is 7.71. The number of imidazole rings is 1. The van der Waals surface area contributed by atoms with E-state index in [1.807, 2.05) is 36.4 Å². The Hall–Kier alpha value is -3.48. The second kappa shape index (κ2) is 9.77. The van der Waals surface area contributed by atoms with Gasteiger partial charge >= 0.3 is 0 Å². The Kier molecular flexibility index (Phi) is 6.31. The van der Waals surface area contributed by atoms with Gasteiger partial charge in [0.2, 0.25) is 0 Å². The SMILES string of the molecule is COc1ccc(-c2cn3c(C(=O)Nc4cccc(Cl)c4)c(-c4ccc(Br)cc4)c4c3n2CCCC4)cc1. The third-order valence-electron chi connectivity index (χ3n) is 6.95. The smallest absolute Gasteiger partial charge is 0.273 e. The molecule has 1 amide bonds. The van der Waals surface area contributed by atoms with Crippen LogP contribution in [-0.4, -0.2) is 22.0 Å². The maximum Gasteiger partial charge on any atom is 0.273 e. The first kappa shape index (κ1) is 23.9. The van der Waals surface area contributed by atoms with Gasteiger partial charge in [0.05, 0.1) is 12.8 Å². The summed E-state index contributed by atoms with van der Waals surface area (Å²) in [6.07, 6.45) is 5.14. The molecular formula is C30H25BrClN3O2. The van der Waals surface area contributed by atoms with Crippen molar-refractivity contribution in [2.45, 2.75) is 25.8 Å². The number of ether oxygens (including phenoxy) is 1. The standard InChI is InChI=1S/C30H25BrClN3O2/c1-37-24-14-10-19(11-15-24)26-18-35-28(29(36)33-23-6-4-5-22(32)17-23)27(20-8-12-21(31)13-9-20)25-7-2-3-16-34(26)30(25)35/h4-6,8-15,17-18H,2-3,7,16H2,1H3,(H,33,36). The van der Waals surface area contributed by atoms with Crippen molar-refractivity contribution in [3.8, 4) is 28.1 Å². The largest absolute Gasteiger partial charge is 0.497 e. The van der Waals surface area contributed by atoms with E-state index in [9.17, 15) is 4.79 Å². The van der Waals surface area contributed by atoms with E-state index in [2.05, 4.69) is 60.7 Å². The lowest BCUT2D eigenvalue weighted by Crippen LogP contribution is -2.15. The van der Waals surface area contributed by atoms with Crippen LogP contribution in [0.5, 0.6) is 5.75 Å². The van der Waals surface area contributed by atoms with Gasteiger partial charge in [-0.25, -0.2) is 0 Å². The van der Waals surface area contributed by atoms with Crippen molar-refractivity contribution in [1.29, 1.82) is 0 Å². The van der Waals surface area contributed by atoms with Gasteiger partial charge < -0.3 is 14.6 Å². The third kappa shape index (κ3) is 4.34. The number of anilines is 1. The van der Waals surface area contributed by atoms with E-state index in [1.54, 1.807) is 19.2 Å². The lowest BCUT2D eigenvalue weighted by Gasteiger charge is -2.11. The van der Waals surface area contributed by atoms with Crippen molar-refractivity contribution >= 4 is 44.8 Å². The Morgan fingerprint density at radius 2 is 1.76 bits per heavy atom. The lowest BCUT2D eigenvalue weighted by atomic mass is 9.98. The molecule has 37 heavy (non-hydrogen) atoms. The number of carbonyl (C=O) groups excluding carboxylic acids is 1. The van der Waals surface area contributed by atoms with Crippen molar-refractivity contribution in [2.75, 3.05) is 12.4 Å². The Labute approximate surface area is 228 Å². The molecule has 0 spiro atoms. The second-order valence-corrected chi connectivity index (χ2v) is 10.6. The van der Waals surface area contributed by atoms with Gasteiger partial charge in [-0.1, -0.05) is 45.7 Å². The van der Waals surface area contributed by atoms with Crippen LogP contribution in [0.25, 0.3) is 28.0 Å². The highest BCUT2D eigenvalue weighted by atomic mass is 79.9. The van der Waals surface area contributed by atoms with Crippen LogP contribution >= 0.6 is 27.5 Å². The Balaban J connectivity index is 1.59. The molecule has 2 aromatic heterocycles. The predicted octanol–water partition coefficient (Wildman–Crippen LogP) is 8.09. The summed E-state index contributed by atoms with van der Waals surface area (Å²) >= 11 is 9.75. The summed E-state index contributed by atoms with van der Waals surface area (Å²) < 4.78 is 10.8. The fourth-order valence-electron chi connectivity index (χ4n) is 5.29. The highest BCUT2D eigenvalue weighted by Gasteiger charge is 2.29. The average molecular weight is 575 g/mol. The minimum atomic E-state index is -0.166. The van der Waals surface area contributed by atoms with Gasteiger partial charge in [0.15, 0.2) is 0 Å². The molecule has 0 atom stereocenters. The molecule has 7 heteroatoms. The highest BCUT2D eigenvalue weighted by Crippen LogP contribution is 2.40. The summed E-state index contributed by atoms with van der Waals surface area (Å²) in [6.45, 7) is 0.893. The van der Waals surface area contributed by atoms with Crippen LogP contribution in [0, 0.1) is 0 Å². The topological polar surface area (TPSA) is 47.7 Å². The molecule has 1 aliphatic rings. The summed E-state index contributed by atoms with van der Waals surface area (Å²) in [6, 6.07) is 23.5. The maximum absolute atomic E-state index is 14.0. The number of benzene rings is 3. The molecular weight excluding hydrogens is 550 g/mol. The number of aryl methyl sites for hydroxylation is 2. The van der Waals surface area contributed by atoms with E-state index in [0.29, 0.717) is 16.4 Å². The van der Waals surface area contributed by atoms with Gasteiger partial charge in [-0.2, -0.15) is 0 Å². The van der Waals surface area contributed by atoms with Gasteiger partial charge in [0.1, 0.15) is 17.1 Å². The van der Waals surface area contributed by atoms with E-state index in [0.717, 1.165) is 64.1 Å². The molecule has 0 unspecified atom stereocenters. The fourth-order valence-corrected chi connectivity index (χ4v) is 5.74. The maximum atomic E-state index is 14.0. The van der Waals surface area contributed by atoms with Crippen LogP contribution in [0.2, 0.25) is 5.02 Å². The van der Waals surface area contributed by atoms with Gasteiger partial charge in [-0.05, 0) is 85.0 Å². The van der Waals surface area contributed by atoms with Crippen molar-refractivity contribution < 1.29 is 9.53 Å². The minimum Gasteiger partial charge on any atom is -0.497 e. The zero-order valence-electron chi connectivity index (χ0n) is 20.3. The number of amides is 1. The quantitative estimate of drug-likeness (QED) is 0.231. The molecule has 0 radical (unpaired) electrons. The van der Waals surface area contributed by atoms with E-state index in [-0.39, 0.29) is 5.91 Å². The first-order valence-electron chi connectivity index (χ1n) is 12.3. The average Bonchev–Trinajstić information content (AvgIpc) is 3.32. The number of carbonyl (C=O) groups is 1. The van der Waals surface area contributed by atoms with E-state index in [4.69, 9.17) is 16.3 Å². The van der Waals surface area contributed by atoms with Crippen molar-refractivity contribution in [2.24, 2.45) is 0 Å². The molecule has 0 saturated carbocycles. The van der Waals surface area contributed by atoms with Gasteiger partial charge in [0.25, 0.3) is 5.91 Å². The number of rotatable bonds is 5. The number of hydrogen-bond acceptors (Lipinski definition) is 2. The number of halogens is 2. The minimum absolute atomic E-state index is 0.166. The number of nitrogens with one attached hydrogen (secondary N) is 1. The van der Waals surface area contributed by atoms with Gasteiger partial charge in [-0.3, -0.25) is 9.20 Å². The van der Waals surface area contributed by atoms with Crippen LogP contribution in [0.15, 0.2) is 83.5 Å². The molecule has 1 N–H and O–H groups in total. The molecule has 1 aliphatic heterocycles. The van der Waals surface area contributed by atoms with Crippen LogP contribution in [0.3, 0.4) is 0 Å². The van der Waals surface area contributed by atoms with Crippen LogP contribution in [0.4, 0.5) is 5.69 Å². The van der Waals surface area contributed by atoms with E-state index in [1.165, 1.54) is 5.56 Å². The van der Waals surface area contributed by atoms with E-state index >= 15 is 0 Å². The van der Waals surface area contributed by atoms with Crippen molar-refractivity contribution in [3.63, 3.8) is 0 Å². The van der Waals surface area contributed by atoms with Gasteiger partial charge in [0, 0.05) is 39.1 Å². The summed E-state index contributed by atoms with van der Waals surface area (Å²) in [7, 11) is 1.67. The first-order chi connectivity index (χ1) is 18.0. The molecule has 0 aliphatic carbocycles. The monoisotopic (exact) mass is 573 g/mol. The molecule has 5 aromatic rings. The number of methoxy groups -OCH3 is 1. The summed E-state index contributed by atoms with van der Waals surface area (Å²) in [5.41, 5.74) is 7.76. The Morgan fingerprint density at radius 3 is 2.49 bits per heavy atom. The number of hydrogen-bond donors (Lipinski definition) is 1. The Bertz CT molecular complexity index is 1620. The van der Waals surface area contributed by atoms with Crippen molar-refractivity contribution in [3.05, 3.63) is 99.7 Å². The Morgan fingerprint density at radius 1 is 1.00 bits per heavy atom. The highest BCUT2D eigenvalue weighted by molar-refractivity contribution is 9.10. The molecule has 186 valence electrons. The zero-order valence-corrected chi connectivity index (χ0v) is 22.6. The first-order valence-corrected chi connectivity index (χ1v) is 13.4. The van der Waals surface area contributed by atoms with Crippen LogP contribution < -0.4 is 10.1 Å². The molecule has 5 nitrogen and oxygen atoms in total. The molecule has 6 rings (SSSR count). The summed E-state index contributed by atoms with van der Waals surface area (Å²) in [5, 5.41) is 3.67. The summed E-state index contributed by atoms with van der Waals surface area (Å²) in [5.74, 6) is 0.651. The van der Waals surface area contributed by atoms with Crippen LogP contribution in [0.1, 0.15) is 28.9 Å².